The van der Waals surface area contributed by atoms with E-state index < -0.39 is 5.82 Å². The van der Waals surface area contributed by atoms with Crippen LogP contribution in [-0.2, 0) is 6.42 Å². The van der Waals surface area contributed by atoms with Gasteiger partial charge >= 0.3 is 0 Å². The smallest absolute Gasteiger partial charge is 0.170 e. The van der Waals surface area contributed by atoms with Gasteiger partial charge in [0.1, 0.15) is 5.82 Å². The Morgan fingerprint density at radius 1 is 1.05 bits per heavy atom. The number of rotatable bonds is 3. The van der Waals surface area contributed by atoms with Gasteiger partial charge in [-0.15, -0.1) is 11.3 Å². The van der Waals surface area contributed by atoms with Crippen LogP contribution in [0.3, 0.4) is 0 Å². The third-order valence-corrected chi connectivity index (χ3v) is 4.10. The Bertz CT molecular complexity index is 745. The van der Waals surface area contributed by atoms with E-state index in [4.69, 9.17) is 0 Å². The predicted molar refractivity (Wildman–Crippen MR) is 76.3 cm³/mol. The highest BCUT2D eigenvalue weighted by atomic mass is 32.1. The second-order valence-electron chi connectivity index (χ2n) is 4.34. The Hall–Kier alpha value is -2.00. The molecule has 0 unspecified atom stereocenters. The zero-order chi connectivity index (χ0) is 13.2. The first kappa shape index (κ1) is 12.1. The zero-order valence-electron chi connectivity index (χ0n) is 10.1. The summed E-state index contributed by atoms with van der Waals surface area (Å²) in [5.41, 5.74) is 1.13. The van der Waals surface area contributed by atoms with E-state index in [9.17, 15) is 9.18 Å². The summed E-state index contributed by atoms with van der Waals surface area (Å²) in [5.74, 6) is -0.631. The van der Waals surface area contributed by atoms with Crippen molar-refractivity contribution in [2.45, 2.75) is 6.42 Å². The van der Waals surface area contributed by atoms with Crippen molar-refractivity contribution >= 4 is 27.2 Å². The highest BCUT2D eigenvalue weighted by Crippen LogP contribution is 2.26. The average Bonchev–Trinajstić information content (AvgIpc) is 2.83. The van der Waals surface area contributed by atoms with Crippen LogP contribution in [0.15, 0.2) is 53.9 Å². The number of Topliss-reactive ketones (excluding diaryl/α,β-unsaturated/α-hetero) is 1. The summed E-state index contributed by atoms with van der Waals surface area (Å²) in [5, 5.41) is 3.06. The number of fused-ring (bicyclic) bond motifs is 1. The molecule has 0 fully saturated rings. The van der Waals surface area contributed by atoms with Crippen LogP contribution in [0.1, 0.15) is 15.9 Å². The van der Waals surface area contributed by atoms with Gasteiger partial charge in [-0.25, -0.2) is 4.39 Å². The minimum atomic E-state index is -0.452. The molecule has 0 saturated carbocycles. The Balaban J connectivity index is 1.94. The van der Waals surface area contributed by atoms with Crippen LogP contribution in [-0.4, -0.2) is 5.78 Å². The lowest BCUT2D eigenvalue weighted by molar-refractivity contribution is 0.0989. The Morgan fingerprint density at radius 3 is 2.63 bits per heavy atom. The molecule has 0 radical (unpaired) electrons. The first-order valence-electron chi connectivity index (χ1n) is 5.98. The van der Waals surface area contributed by atoms with Crippen molar-refractivity contribution in [3.63, 3.8) is 0 Å². The quantitative estimate of drug-likeness (QED) is 0.642. The van der Waals surface area contributed by atoms with Crippen LogP contribution in [0.4, 0.5) is 4.39 Å². The molecule has 3 aromatic rings. The molecule has 0 atom stereocenters. The summed E-state index contributed by atoms with van der Waals surface area (Å²) in [6, 6.07) is 14.1. The molecule has 0 N–H and O–H groups in total. The number of halogens is 1. The van der Waals surface area contributed by atoms with E-state index in [1.54, 1.807) is 23.5 Å². The second kappa shape index (κ2) is 4.94. The van der Waals surface area contributed by atoms with Gasteiger partial charge in [0, 0.05) is 11.1 Å². The molecular weight excluding hydrogens is 259 g/mol. The Kier molecular flexibility index (Phi) is 3.13. The fourth-order valence-electron chi connectivity index (χ4n) is 2.13. The van der Waals surface area contributed by atoms with E-state index in [0.717, 1.165) is 15.6 Å². The molecule has 0 spiro atoms. The highest BCUT2D eigenvalue weighted by molar-refractivity contribution is 7.17. The van der Waals surface area contributed by atoms with Crippen molar-refractivity contribution in [3.8, 4) is 0 Å². The predicted octanol–water partition coefficient (Wildman–Crippen LogP) is 4.47. The molecule has 1 aromatic heterocycles. The third-order valence-electron chi connectivity index (χ3n) is 3.09. The van der Waals surface area contributed by atoms with E-state index >= 15 is 0 Å². The summed E-state index contributed by atoms with van der Waals surface area (Å²) in [6.07, 6.45) is 0.241. The van der Waals surface area contributed by atoms with Crippen molar-refractivity contribution in [3.05, 3.63) is 70.9 Å². The molecule has 1 nitrogen and oxygen atoms in total. The summed E-state index contributed by atoms with van der Waals surface area (Å²) in [4.78, 5) is 12.1. The van der Waals surface area contributed by atoms with Crippen LogP contribution in [0.25, 0.3) is 10.1 Å². The third kappa shape index (κ3) is 2.29. The van der Waals surface area contributed by atoms with Gasteiger partial charge in [-0.1, -0.05) is 30.3 Å². The number of hydrogen-bond acceptors (Lipinski definition) is 2. The monoisotopic (exact) mass is 270 g/mol. The second-order valence-corrected chi connectivity index (χ2v) is 5.25. The number of thiophene rings is 1. The lowest BCUT2D eigenvalue weighted by atomic mass is 10.0. The van der Waals surface area contributed by atoms with E-state index in [2.05, 4.69) is 0 Å². The molecule has 3 heteroatoms. The van der Waals surface area contributed by atoms with Gasteiger partial charge in [0.25, 0.3) is 0 Å². The zero-order valence-corrected chi connectivity index (χ0v) is 10.9. The van der Waals surface area contributed by atoms with Gasteiger partial charge in [0.05, 0.1) is 5.56 Å². The maximum absolute atomic E-state index is 13.6. The number of carbonyl (C=O) groups is 1. The molecule has 1 heterocycles. The summed E-state index contributed by atoms with van der Waals surface area (Å²) < 4.78 is 14.7. The van der Waals surface area contributed by atoms with Gasteiger partial charge < -0.3 is 0 Å². The van der Waals surface area contributed by atoms with Crippen molar-refractivity contribution < 1.29 is 9.18 Å². The highest BCUT2D eigenvalue weighted by Gasteiger charge is 2.13. The van der Waals surface area contributed by atoms with Crippen LogP contribution in [0.2, 0.25) is 0 Å². The van der Waals surface area contributed by atoms with Crippen LogP contribution >= 0.6 is 11.3 Å². The molecule has 3 rings (SSSR count). The largest absolute Gasteiger partial charge is 0.294 e. The molecule has 0 aliphatic rings. The topological polar surface area (TPSA) is 17.1 Å². The summed E-state index contributed by atoms with van der Waals surface area (Å²) in [6.45, 7) is 0. The molecule has 2 aromatic carbocycles. The van der Waals surface area contributed by atoms with Crippen LogP contribution in [0, 0.1) is 5.82 Å². The van der Waals surface area contributed by atoms with Gasteiger partial charge in [-0.2, -0.15) is 0 Å². The fourth-order valence-corrected chi connectivity index (χ4v) is 3.09. The number of carbonyl (C=O) groups excluding carboxylic acids is 1. The van der Waals surface area contributed by atoms with E-state index in [1.165, 1.54) is 12.1 Å². The van der Waals surface area contributed by atoms with Gasteiger partial charge in [0.15, 0.2) is 5.78 Å². The normalized spacial score (nSPS) is 10.8. The van der Waals surface area contributed by atoms with Gasteiger partial charge in [-0.3, -0.25) is 4.79 Å². The number of benzene rings is 2. The maximum atomic E-state index is 13.6. The molecule has 94 valence electrons. The van der Waals surface area contributed by atoms with Crippen LogP contribution < -0.4 is 0 Å². The van der Waals surface area contributed by atoms with Crippen molar-refractivity contribution in [1.29, 1.82) is 0 Å². The summed E-state index contributed by atoms with van der Waals surface area (Å²) in [7, 11) is 0. The molecule has 0 bridgehead atoms. The lowest BCUT2D eigenvalue weighted by Gasteiger charge is -2.02. The van der Waals surface area contributed by atoms with Crippen molar-refractivity contribution in [1.82, 2.24) is 0 Å². The van der Waals surface area contributed by atoms with Gasteiger partial charge in [-0.05, 0) is 34.5 Å². The molecular formula is C16H11FOS. The van der Waals surface area contributed by atoms with E-state index in [0.29, 0.717) is 0 Å². The maximum Gasteiger partial charge on any atom is 0.170 e. The molecule has 0 aliphatic carbocycles. The Morgan fingerprint density at radius 2 is 1.79 bits per heavy atom. The van der Waals surface area contributed by atoms with E-state index in [-0.39, 0.29) is 17.8 Å². The number of ketones is 1. The van der Waals surface area contributed by atoms with Crippen molar-refractivity contribution in [2.75, 3.05) is 0 Å². The number of hydrogen-bond donors (Lipinski definition) is 0. The fraction of sp³-hybridized carbons (Fsp3) is 0.0625. The first-order chi connectivity index (χ1) is 9.25. The first-order valence-corrected chi connectivity index (χ1v) is 6.86. The van der Waals surface area contributed by atoms with Crippen molar-refractivity contribution in [2.24, 2.45) is 0 Å². The summed E-state index contributed by atoms with van der Waals surface area (Å²) >= 11 is 1.61. The minimum absolute atomic E-state index is 0.165. The lowest BCUT2D eigenvalue weighted by Crippen LogP contribution is -2.05. The van der Waals surface area contributed by atoms with Crippen LogP contribution in [0.5, 0.6) is 0 Å². The average molecular weight is 270 g/mol. The SMILES string of the molecule is O=C(Cc1csc2ccccc12)c1ccccc1F. The molecule has 0 aliphatic heterocycles. The molecule has 0 amide bonds. The standard InChI is InChI=1S/C16H11FOS/c17-14-7-3-1-6-13(14)15(18)9-11-10-19-16-8-4-2-5-12(11)16/h1-8,10H,9H2. The van der Waals surface area contributed by atoms with Gasteiger partial charge in [0.2, 0.25) is 0 Å². The van der Waals surface area contributed by atoms with E-state index in [1.807, 2.05) is 29.6 Å². The Labute approximate surface area is 114 Å². The molecule has 19 heavy (non-hydrogen) atoms. The molecule has 0 saturated heterocycles. The minimum Gasteiger partial charge on any atom is -0.294 e.